The molecule has 1 aliphatic heterocycles. The van der Waals surface area contributed by atoms with Crippen LogP contribution >= 0.6 is 11.3 Å². The molecule has 2 rings (SSSR count). The van der Waals surface area contributed by atoms with Crippen molar-refractivity contribution in [2.45, 2.75) is 19.9 Å². The van der Waals surface area contributed by atoms with Gasteiger partial charge in [0, 0.05) is 31.1 Å². The zero-order valence-electron chi connectivity index (χ0n) is 12.8. The normalized spacial score (nSPS) is 18.4. The number of hydrogen-bond acceptors (Lipinski definition) is 5. The van der Waals surface area contributed by atoms with Gasteiger partial charge in [-0.25, -0.2) is 0 Å². The summed E-state index contributed by atoms with van der Waals surface area (Å²) in [6.07, 6.45) is 0. The number of nitrogens with two attached hydrogens (primary N) is 1. The Morgan fingerprint density at radius 1 is 1.52 bits per heavy atom. The van der Waals surface area contributed by atoms with Crippen LogP contribution < -0.4 is 11.1 Å². The SMILES string of the molecule is CC(C)(CN)C(=O)NCC(c1cccs1)N1CCOCC1. The van der Waals surface area contributed by atoms with E-state index in [0.29, 0.717) is 13.1 Å². The average molecular weight is 311 g/mol. The van der Waals surface area contributed by atoms with E-state index in [2.05, 4.69) is 27.7 Å². The molecule has 1 fully saturated rings. The van der Waals surface area contributed by atoms with E-state index in [4.69, 9.17) is 10.5 Å². The van der Waals surface area contributed by atoms with Crippen LogP contribution in [0.5, 0.6) is 0 Å². The topological polar surface area (TPSA) is 67.6 Å². The Morgan fingerprint density at radius 2 is 2.24 bits per heavy atom. The van der Waals surface area contributed by atoms with Crippen LogP contribution in [-0.4, -0.2) is 50.2 Å². The van der Waals surface area contributed by atoms with Gasteiger partial charge in [-0.15, -0.1) is 11.3 Å². The van der Waals surface area contributed by atoms with Gasteiger partial charge in [0.1, 0.15) is 0 Å². The summed E-state index contributed by atoms with van der Waals surface area (Å²) in [5.41, 5.74) is 5.14. The molecule has 2 heterocycles. The second-order valence-electron chi connectivity index (χ2n) is 5.98. The van der Waals surface area contributed by atoms with Gasteiger partial charge in [0.15, 0.2) is 0 Å². The van der Waals surface area contributed by atoms with Crippen LogP contribution in [0.1, 0.15) is 24.8 Å². The molecule has 1 amide bonds. The zero-order chi connectivity index (χ0) is 15.3. The maximum absolute atomic E-state index is 12.2. The van der Waals surface area contributed by atoms with Gasteiger partial charge in [0.05, 0.1) is 24.7 Å². The van der Waals surface area contributed by atoms with E-state index in [9.17, 15) is 4.79 Å². The molecule has 1 aliphatic rings. The smallest absolute Gasteiger partial charge is 0.227 e. The van der Waals surface area contributed by atoms with Gasteiger partial charge in [-0.3, -0.25) is 9.69 Å². The summed E-state index contributed by atoms with van der Waals surface area (Å²) in [4.78, 5) is 15.9. The highest BCUT2D eigenvalue weighted by molar-refractivity contribution is 7.10. The molecule has 0 bridgehead atoms. The molecule has 5 nitrogen and oxygen atoms in total. The van der Waals surface area contributed by atoms with Gasteiger partial charge >= 0.3 is 0 Å². The molecule has 0 radical (unpaired) electrons. The predicted octanol–water partition coefficient (Wildman–Crippen LogP) is 1.22. The number of nitrogens with one attached hydrogen (secondary N) is 1. The molecule has 3 N–H and O–H groups in total. The largest absolute Gasteiger partial charge is 0.379 e. The summed E-state index contributed by atoms with van der Waals surface area (Å²) in [6, 6.07) is 4.40. The van der Waals surface area contributed by atoms with E-state index in [-0.39, 0.29) is 11.9 Å². The van der Waals surface area contributed by atoms with Gasteiger partial charge in [-0.05, 0) is 25.3 Å². The number of nitrogens with zero attached hydrogens (tertiary/aromatic N) is 1. The maximum Gasteiger partial charge on any atom is 0.227 e. The maximum atomic E-state index is 12.2. The van der Waals surface area contributed by atoms with Crippen molar-refractivity contribution in [3.8, 4) is 0 Å². The van der Waals surface area contributed by atoms with E-state index in [1.165, 1.54) is 4.88 Å². The summed E-state index contributed by atoms with van der Waals surface area (Å²) >= 11 is 1.73. The van der Waals surface area contributed by atoms with Crippen LogP contribution in [0.2, 0.25) is 0 Å². The van der Waals surface area contributed by atoms with E-state index in [1.54, 1.807) is 11.3 Å². The fourth-order valence-electron chi connectivity index (χ4n) is 2.30. The lowest BCUT2D eigenvalue weighted by Crippen LogP contribution is -2.47. The molecule has 118 valence electrons. The highest BCUT2D eigenvalue weighted by atomic mass is 32.1. The van der Waals surface area contributed by atoms with Crippen molar-refractivity contribution in [3.63, 3.8) is 0 Å². The van der Waals surface area contributed by atoms with Crippen molar-refractivity contribution in [2.24, 2.45) is 11.1 Å². The quantitative estimate of drug-likeness (QED) is 0.829. The van der Waals surface area contributed by atoms with Gasteiger partial charge in [0.2, 0.25) is 5.91 Å². The van der Waals surface area contributed by atoms with Crippen molar-refractivity contribution >= 4 is 17.2 Å². The van der Waals surface area contributed by atoms with E-state index >= 15 is 0 Å². The molecular weight excluding hydrogens is 286 g/mol. The van der Waals surface area contributed by atoms with Crippen molar-refractivity contribution < 1.29 is 9.53 Å². The number of thiophene rings is 1. The Balaban J connectivity index is 2.01. The van der Waals surface area contributed by atoms with Crippen LogP contribution in [0.15, 0.2) is 17.5 Å². The Labute approximate surface area is 130 Å². The summed E-state index contributed by atoms with van der Waals surface area (Å²) in [5.74, 6) is 0.0137. The summed E-state index contributed by atoms with van der Waals surface area (Å²) in [7, 11) is 0. The molecule has 0 spiro atoms. The van der Waals surface area contributed by atoms with Crippen molar-refractivity contribution in [1.82, 2.24) is 10.2 Å². The Kier molecular flexibility index (Phi) is 5.75. The van der Waals surface area contributed by atoms with Crippen LogP contribution in [0, 0.1) is 5.41 Å². The minimum absolute atomic E-state index is 0.0137. The van der Waals surface area contributed by atoms with Crippen LogP contribution in [0.3, 0.4) is 0 Å². The summed E-state index contributed by atoms with van der Waals surface area (Å²) in [6.45, 7) is 8.02. The Morgan fingerprint density at radius 3 is 2.81 bits per heavy atom. The lowest BCUT2D eigenvalue weighted by Gasteiger charge is -2.34. The molecule has 1 aromatic heterocycles. The number of rotatable bonds is 6. The number of carbonyl (C=O) groups is 1. The average Bonchev–Trinajstić information content (AvgIpc) is 3.02. The number of amides is 1. The fraction of sp³-hybridized carbons (Fsp3) is 0.667. The third-order valence-corrected chi connectivity index (χ3v) is 4.91. The number of carbonyl (C=O) groups excluding carboxylic acids is 1. The standard InChI is InChI=1S/C15H25N3O2S/c1-15(2,11-16)14(19)17-10-12(13-4-3-9-21-13)18-5-7-20-8-6-18/h3-4,9,12H,5-8,10-11,16H2,1-2H3,(H,17,19). The van der Waals surface area contributed by atoms with Crippen LogP contribution in [0.4, 0.5) is 0 Å². The van der Waals surface area contributed by atoms with E-state index < -0.39 is 5.41 Å². The predicted molar refractivity (Wildman–Crippen MR) is 85.3 cm³/mol. The summed E-state index contributed by atoms with van der Waals surface area (Å²) < 4.78 is 5.42. The number of ether oxygens (including phenoxy) is 1. The second-order valence-corrected chi connectivity index (χ2v) is 6.96. The van der Waals surface area contributed by atoms with Crippen LogP contribution in [0.25, 0.3) is 0 Å². The lowest BCUT2D eigenvalue weighted by molar-refractivity contribution is -0.129. The Hall–Kier alpha value is -0.950. The third kappa shape index (κ3) is 4.26. The zero-order valence-corrected chi connectivity index (χ0v) is 13.6. The fourth-order valence-corrected chi connectivity index (χ4v) is 3.16. The molecule has 1 unspecified atom stereocenters. The first-order valence-electron chi connectivity index (χ1n) is 7.38. The second kappa shape index (κ2) is 7.35. The van der Waals surface area contributed by atoms with E-state index in [1.807, 2.05) is 13.8 Å². The number of morpholine rings is 1. The van der Waals surface area contributed by atoms with E-state index in [0.717, 1.165) is 26.3 Å². The molecule has 0 saturated carbocycles. The van der Waals surface area contributed by atoms with Gasteiger partial charge < -0.3 is 15.8 Å². The summed E-state index contributed by atoms with van der Waals surface area (Å²) in [5, 5.41) is 5.14. The molecule has 1 aromatic rings. The van der Waals surface area contributed by atoms with Crippen molar-refractivity contribution in [1.29, 1.82) is 0 Å². The highest BCUT2D eigenvalue weighted by Gasteiger charge is 2.28. The lowest BCUT2D eigenvalue weighted by atomic mass is 9.92. The highest BCUT2D eigenvalue weighted by Crippen LogP contribution is 2.25. The molecule has 0 aromatic carbocycles. The first kappa shape index (κ1) is 16.4. The van der Waals surface area contributed by atoms with Crippen molar-refractivity contribution in [3.05, 3.63) is 22.4 Å². The van der Waals surface area contributed by atoms with Crippen molar-refractivity contribution in [2.75, 3.05) is 39.4 Å². The van der Waals surface area contributed by atoms with Crippen LogP contribution in [-0.2, 0) is 9.53 Å². The monoisotopic (exact) mass is 311 g/mol. The first-order chi connectivity index (χ1) is 10.0. The molecule has 21 heavy (non-hydrogen) atoms. The molecule has 0 aliphatic carbocycles. The minimum Gasteiger partial charge on any atom is -0.379 e. The molecule has 1 saturated heterocycles. The molecular formula is C15H25N3O2S. The van der Waals surface area contributed by atoms with Gasteiger partial charge in [-0.1, -0.05) is 6.07 Å². The minimum atomic E-state index is -0.523. The molecule has 1 atom stereocenters. The van der Waals surface area contributed by atoms with Gasteiger partial charge in [0.25, 0.3) is 0 Å². The molecule has 6 heteroatoms. The number of hydrogen-bond donors (Lipinski definition) is 2. The van der Waals surface area contributed by atoms with Gasteiger partial charge in [-0.2, -0.15) is 0 Å². The Bertz CT molecular complexity index is 442. The first-order valence-corrected chi connectivity index (χ1v) is 8.26. The third-order valence-electron chi connectivity index (χ3n) is 3.94.